The van der Waals surface area contributed by atoms with Crippen LogP contribution in [-0.4, -0.2) is 47.6 Å². The minimum atomic E-state index is -0.772. The van der Waals surface area contributed by atoms with Gasteiger partial charge in [0.15, 0.2) is 23.1 Å². The van der Waals surface area contributed by atoms with Gasteiger partial charge in [-0.05, 0) is 61.6 Å². The number of carbonyl (C=O) groups excluding carboxylic acids is 4. The summed E-state index contributed by atoms with van der Waals surface area (Å²) >= 11 is 0. The number of anilines is 1. The molecule has 6 rings (SSSR count). The number of hydrogen-bond donors (Lipinski definition) is 1. The van der Waals surface area contributed by atoms with Crippen molar-refractivity contribution in [2.24, 2.45) is 23.7 Å². The molecule has 0 aromatic heterocycles. The SMILES string of the molecule is COc1cc(C=CC2C3=CCC4C(=O)N(c5ccc([N+](=O)[O-])cc5)C(=O)C4C3CC3=C2C(=O)C(C)=CC3=O)cc(OC)c1O. The molecule has 4 unspecified atom stereocenters. The number of allylic oxidation sites excluding steroid dienone is 7. The Morgan fingerprint density at radius 3 is 2.27 bits per heavy atom. The van der Waals surface area contributed by atoms with E-state index in [0.717, 1.165) is 10.5 Å². The van der Waals surface area contributed by atoms with Crippen LogP contribution in [0.1, 0.15) is 25.3 Å². The van der Waals surface area contributed by atoms with Crippen molar-refractivity contribution < 1.29 is 38.7 Å². The minimum absolute atomic E-state index is 0.134. The Bertz CT molecular complexity index is 1760. The maximum absolute atomic E-state index is 13.9. The number of phenols is 1. The van der Waals surface area contributed by atoms with Gasteiger partial charge >= 0.3 is 0 Å². The summed E-state index contributed by atoms with van der Waals surface area (Å²) in [5.41, 5.74) is 2.47. The second-order valence-electron chi connectivity index (χ2n) is 11.2. The number of ketones is 2. The van der Waals surface area contributed by atoms with Crippen LogP contribution in [0.5, 0.6) is 17.2 Å². The van der Waals surface area contributed by atoms with E-state index in [0.29, 0.717) is 22.3 Å². The van der Waals surface area contributed by atoms with Gasteiger partial charge in [0.2, 0.25) is 17.6 Å². The number of nitro groups is 1. The Morgan fingerprint density at radius 1 is 1.00 bits per heavy atom. The van der Waals surface area contributed by atoms with Crippen molar-refractivity contribution in [2.75, 3.05) is 19.1 Å². The van der Waals surface area contributed by atoms with Crippen molar-refractivity contribution in [1.82, 2.24) is 0 Å². The van der Waals surface area contributed by atoms with E-state index in [-0.39, 0.29) is 53.0 Å². The average Bonchev–Trinajstić information content (AvgIpc) is 3.27. The number of non-ortho nitro benzene ring substituents is 1. The van der Waals surface area contributed by atoms with Crippen LogP contribution in [0.25, 0.3) is 6.08 Å². The molecule has 0 spiro atoms. The van der Waals surface area contributed by atoms with Gasteiger partial charge < -0.3 is 14.6 Å². The molecule has 1 aliphatic heterocycles. The normalized spacial score (nSPS) is 24.6. The van der Waals surface area contributed by atoms with Gasteiger partial charge in [0.05, 0.1) is 36.7 Å². The van der Waals surface area contributed by atoms with Crippen molar-refractivity contribution >= 4 is 40.8 Å². The lowest BCUT2D eigenvalue weighted by Gasteiger charge is -2.41. The first-order valence-electron chi connectivity index (χ1n) is 14.0. The molecule has 3 aliphatic carbocycles. The third-order valence-electron chi connectivity index (χ3n) is 8.91. The molecule has 1 heterocycles. The number of imide groups is 1. The number of aromatic hydroxyl groups is 1. The zero-order chi connectivity index (χ0) is 31.4. The predicted octanol–water partition coefficient (Wildman–Crippen LogP) is 4.50. The first-order valence-corrected chi connectivity index (χ1v) is 14.0. The molecule has 44 heavy (non-hydrogen) atoms. The Morgan fingerprint density at radius 2 is 1.66 bits per heavy atom. The number of nitrogens with zero attached hydrogens (tertiary/aromatic N) is 2. The maximum Gasteiger partial charge on any atom is 0.269 e. The van der Waals surface area contributed by atoms with E-state index in [1.165, 1.54) is 44.6 Å². The molecule has 2 amide bonds. The molecule has 1 saturated heterocycles. The van der Waals surface area contributed by atoms with Crippen molar-refractivity contribution in [3.05, 3.63) is 92.6 Å². The molecule has 11 nitrogen and oxygen atoms in total. The van der Waals surface area contributed by atoms with Crippen LogP contribution >= 0.6 is 0 Å². The van der Waals surface area contributed by atoms with Crippen molar-refractivity contribution in [3.8, 4) is 17.2 Å². The van der Waals surface area contributed by atoms with E-state index in [9.17, 15) is 34.4 Å². The molecule has 0 saturated carbocycles. The fourth-order valence-electron chi connectivity index (χ4n) is 6.83. The Labute approximate surface area is 251 Å². The van der Waals surface area contributed by atoms with E-state index in [4.69, 9.17) is 9.47 Å². The Hall–Kier alpha value is -5.32. The quantitative estimate of drug-likeness (QED) is 0.167. The first-order chi connectivity index (χ1) is 21.0. The Kier molecular flexibility index (Phi) is 7.03. The summed E-state index contributed by atoms with van der Waals surface area (Å²) in [4.78, 5) is 66.0. The molecule has 4 aliphatic rings. The summed E-state index contributed by atoms with van der Waals surface area (Å²) < 4.78 is 10.5. The number of nitro benzene ring substituents is 1. The summed E-state index contributed by atoms with van der Waals surface area (Å²) in [7, 11) is 2.82. The monoisotopic (exact) mass is 596 g/mol. The summed E-state index contributed by atoms with van der Waals surface area (Å²) in [6.07, 6.45) is 7.14. The summed E-state index contributed by atoms with van der Waals surface area (Å²) in [6.45, 7) is 1.60. The zero-order valence-corrected chi connectivity index (χ0v) is 24.1. The number of rotatable bonds is 6. The van der Waals surface area contributed by atoms with Crippen molar-refractivity contribution in [1.29, 1.82) is 0 Å². The first kappa shape index (κ1) is 28.8. The highest BCUT2D eigenvalue weighted by atomic mass is 16.6. The molecule has 0 bridgehead atoms. The summed E-state index contributed by atoms with van der Waals surface area (Å²) in [5, 5.41) is 21.5. The fourth-order valence-corrected chi connectivity index (χ4v) is 6.83. The molecule has 4 atom stereocenters. The number of Topliss-reactive ketones (excluding diaryl/α,β-unsaturated/α-hetero) is 1. The molecule has 1 fully saturated rings. The number of fused-ring (bicyclic) bond motifs is 3. The lowest BCUT2D eigenvalue weighted by atomic mass is 9.60. The molecular weight excluding hydrogens is 568 g/mol. The highest BCUT2D eigenvalue weighted by Gasteiger charge is 2.56. The molecule has 11 heteroatoms. The summed E-state index contributed by atoms with van der Waals surface area (Å²) in [5.74, 6) is -3.78. The number of hydrogen-bond acceptors (Lipinski definition) is 9. The van der Waals surface area contributed by atoms with Crippen LogP contribution in [0.15, 0.2) is 76.9 Å². The number of ether oxygens (including phenoxy) is 2. The van der Waals surface area contributed by atoms with Crippen molar-refractivity contribution in [2.45, 2.75) is 19.8 Å². The second-order valence-corrected chi connectivity index (χ2v) is 11.2. The van der Waals surface area contributed by atoms with Crippen LogP contribution in [0.2, 0.25) is 0 Å². The highest BCUT2D eigenvalue weighted by molar-refractivity contribution is 6.24. The van der Waals surface area contributed by atoms with Crippen LogP contribution in [0.3, 0.4) is 0 Å². The van der Waals surface area contributed by atoms with E-state index in [1.807, 2.05) is 6.08 Å². The topological polar surface area (TPSA) is 153 Å². The van der Waals surface area contributed by atoms with Crippen LogP contribution in [0.4, 0.5) is 11.4 Å². The van der Waals surface area contributed by atoms with Gasteiger partial charge in [0, 0.05) is 34.8 Å². The Balaban J connectivity index is 1.41. The zero-order valence-electron chi connectivity index (χ0n) is 24.1. The highest BCUT2D eigenvalue weighted by Crippen LogP contribution is 2.53. The number of benzene rings is 2. The van der Waals surface area contributed by atoms with Crippen LogP contribution in [-0.2, 0) is 19.2 Å². The van der Waals surface area contributed by atoms with Crippen LogP contribution in [0, 0.1) is 33.8 Å². The number of carbonyl (C=O) groups is 4. The predicted molar refractivity (Wildman–Crippen MR) is 158 cm³/mol. The molecule has 2 aromatic carbocycles. The van der Waals surface area contributed by atoms with Gasteiger partial charge in [-0.15, -0.1) is 0 Å². The smallest absolute Gasteiger partial charge is 0.269 e. The largest absolute Gasteiger partial charge is 0.502 e. The van der Waals surface area contributed by atoms with E-state index in [1.54, 1.807) is 31.2 Å². The molecule has 224 valence electrons. The van der Waals surface area contributed by atoms with Gasteiger partial charge in [0.25, 0.3) is 5.69 Å². The lowest BCUT2D eigenvalue weighted by Crippen LogP contribution is -2.40. The van der Waals surface area contributed by atoms with E-state index in [2.05, 4.69) is 0 Å². The average molecular weight is 597 g/mol. The number of amides is 2. The molecule has 0 radical (unpaired) electrons. The molecule has 1 N–H and O–H groups in total. The standard InChI is InChI=1S/C33H28N2O9/c1-16-12-25(36)24-15-23-20(21(28(24)30(16)37)9-4-17-13-26(43-2)31(38)27(14-17)44-3)10-11-22-29(23)33(40)34(32(22)39)18-5-7-19(8-6-18)35(41)42/h4-10,12-14,21-23,29,38H,11,15H2,1-3H3. The van der Waals surface area contributed by atoms with Crippen LogP contribution < -0.4 is 14.4 Å². The third-order valence-corrected chi connectivity index (χ3v) is 8.91. The van der Waals surface area contributed by atoms with Gasteiger partial charge in [-0.3, -0.25) is 34.2 Å². The van der Waals surface area contributed by atoms with E-state index < -0.39 is 40.4 Å². The van der Waals surface area contributed by atoms with E-state index >= 15 is 0 Å². The minimum Gasteiger partial charge on any atom is -0.502 e. The van der Waals surface area contributed by atoms with Gasteiger partial charge in [0.1, 0.15) is 0 Å². The van der Waals surface area contributed by atoms with Crippen molar-refractivity contribution in [3.63, 3.8) is 0 Å². The molecular formula is C33H28N2O9. The fraction of sp³-hybridized carbons (Fsp3) is 0.273. The molecule has 2 aromatic rings. The van der Waals surface area contributed by atoms with Gasteiger partial charge in [-0.2, -0.15) is 0 Å². The number of phenolic OH excluding ortho intramolecular Hbond substituents is 1. The van der Waals surface area contributed by atoms with Gasteiger partial charge in [-0.1, -0.05) is 23.8 Å². The lowest BCUT2D eigenvalue weighted by molar-refractivity contribution is -0.384. The number of methoxy groups -OCH3 is 2. The second kappa shape index (κ2) is 10.7. The van der Waals surface area contributed by atoms with Gasteiger partial charge in [-0.25, -0.2) is 0 Å². The maximum atomic E-state index is 13.9. The summed E-state index contributed by atoms with van der Waals surface area (Å²) in [6, 6.07) is 8.46. The third kappa shape index (κ3) is 4.43.